The average Bonchev–Trinajstić information content (AvgIpc) is 2.80. The summed E-state index contributed by atoms with van der Waals surface area (Å²) >= 11 is 1.70. The standard InChI is InChI=1S/C12H22N4S/c1-17-12-15-14-11(8-5-9-13)16(12)10-6-3-2-4-7-10/h10H,2-9,13H2,1H3. The molecule has 1 aliphatic rings. The van der Waals surface area contributed by atoms with Crippen LogP contribution < -0.4 is 5.73 Å². The monoisotopic (exact) mass is 254 g/mol. The van der Waals surface area contributed by atoms with Crippen LogP contribution in [0, 0.1) is 0 Å². The predicted molar refractivity (Wildman–Crippen MR) is 71.3 cm³/mol. The minimum absolute atomic E-state index is 0.619. The number of hydrogen-bond donors (Lipinski definition) is 1. The van der Waals surface area contributed by atoms with Gasteiger partial charge in [0.2, 0.25) is 0 Å². The molecule has 0 atom stereocenters. The van der Waals surface area contributed by atoms with Crippen LogP contribution in [-0.4, -0.2) is 27.6 Å². The van der Waals surface area contributed by atoms with Gasteiger partial charge in [-0.25, -0.2) is 0 Å². The topological polar surface area (TPSA) is 56.7 Å². The lowest BCUT2D eigenvalue weighted by molar-refractivity contribution is 0.328. The first-order valence-electron chi connectivity index (χ1n) is 6.54. The zero-order valence-corrected chi connectivity index (χ0v) is 11.4. The molecule has 0 amide bonds. The molecule has 0 aliphatic heterocycles. The van der Waals surface area contributed by atoms with Crippen LogP contribution in [0.4, 0.5) is 0 Å². The van der Waals surface area contributed by atoms with Gasteiger partial charge in [-0.1, -0.05) is 31.0 Å². The van der Waals surface area contributed by atoms with Gasteiger partial charge in [-0.05, 0) is 32.1 Å². The van der Waals surface area contributed by atoms with Crippen molar-refractivity contribution in [3.05, 3.63) is 5.82 Å². The van der Waals surface area contributed by atoms with Crippen LogP contribution in [0.25, 0.3) is 0 Å². The maximum atomic E-state index is 5.58. The highest BCUT2D eigenvalue weighted by molar-refractivity contribution is 7.98. The summed E-state index contributed by atoms with van der Waals surface area (Å²) in [6, 6.07) is 0.619. The smallest absolute Gasteiger partial charge is 0.191 e. The summed E-state index contributed by atoms with van der Waals surface area (Å²) in [6.45, 7) is 0.728. The van der Waals surface area contributed by atoms with Gasteiger partial charge >= 0.3 is 0 Å². The van der Waals surface area contributed by atoms with E-state index in [4.69, 9.17) is 5.73 Å². The Hall–Kier alpha value is -0.550. The molecule has 0 aromatic carbocycles. The second kappa shape index (κ2) is 6.40. The average molecular weight is 254 g/mol. The molecular weight excluding hydrogens is 232 g/mol. The molecule has 5 heteroatoms. The highest BCUT2D eigenvalue weighted by Gasteiger charge is 2.21. The Balaban J connectivity index is 2.17. The molecule has 1 aromatic heterocycles. The number of thioether (sulfide) groups is 1. The van der Waals surface area contributed by atoms with E-state index in [1.54, 1.807) is 11.8 Å². The van der Waals surface area contributed by atoms with Crippen molar-refractivity contribution in [2.24, 2.45) is 5.73 Å². The molecule has 96 valence electrons. The summed E-state index contributed by atoms with van der Waals surface area (Å²) in [4.78, 5) is 0. The highest BCUT2D eigenvalue weighted by atomic mass is 32.2. The van der Waals surface area contributed by atoms with E-state index in [-0.39, 0.29) is 0 Å². The SMILES string of the molecule is CSc1nnc(CCCN)n1C1CCCCC1. The number of aryl methyl sites for hydroxylation is 1. The lowest BCUT2D eigenvalue weighted by Gasteiger charge is -2.25. The first-order valence-corrected chi connectivity index (χ1v) is 7.77. The largest absolute Gasteiger partial charge is 0.330 e. The molecule has 0 radical (unpaired) electrons. The molecule has 1 heterocycles. The summed E-state index contributed by atoms with van der Waals surface area (Å²) < 4.78 is 2.37. The van der Waals surface area contributed by atoms with Crippen molar-refractivity contribution >= 4 is 11.8 Å². The van der Waals surface area contributed by atoms with Crippen LogP contribution in [0.3, 0.4) is 0 Å². The van der Waals surface area contributed by atoms with Gasteiger partial charge in [-0.2, -0.15) is 0 Å². The van der Waals surface area contributed by atoms with Gasteiger partial charge in [-0.15, -0.1) is 10.2 Å². The van der Waals surface area contributed by atoms with Gasteiger partial charge in [0, 0.05) is 12.5 Å². The van der Waals surface area contributed by atoms with Crippen molar-refractivity contribution in [1.29, 1.82) is 0 Å². The van der Waals surface area contributed by atoms with Crippen molar-refractivity contribution in [1.82, 2.24) is 14.8 Å². The minimum atomic E-state index is 0.619. The van der Waals surface area contributed by atoms with Crippen molar-refractivity contribution in [3.8, 4) is 0 Å². The lowest BCUT2D eigenvalue weighted by atomic mass is 9.95. The highest BCUT2D eigenvalue weighted by Crippen LogP contribution is 2.32. The molecule has 0 unspecified atom stereocenters. The van der Waals surface area contributed by atoms with Crippen molar-refractivity contribution in [2.75, 3.05) is 12.8 Å². The first-order chi connectivity index (χ1) is 8.36. The summed E-state index contributed by atoms with van der Waals surface area (Å²) in [5, 5.41) is 9.71. The molecule has 1 aromatic rings. The second-order valence-electron chi connectivity index (χ2n) is 4.66. The molecule has 17 heavy (non-hydrogen) atoms. The van der Waals surface area contributed by atoms with Gasteiger partial charge in [0.15, 0.2) is 5.16 Å². The summed E-state index contributed by atoms with van der Waals surface area (Å²) in [5.41, 5.74) is 5.58. The van der Waals surface area contributed by atoms with E-state index in [0.29, 0.717) is 6.04 Å². The first kappa shape index (κ1) is 12.9. The fraction of sp³-hybridized carbons (Fsp3) is 0.833. The normalized spacial score (nSPS) is 17.5. The molecule has 0 saturated heterocycles. The summed E-state index contributed by atoms with van der Waals surface area (Å²) in [5.74, 6) is 1.13. The van der Waals surface area contributed by atoms with E-state index >= 15 is 0 Å². The lowest BCUT2D eigenvalue weighted by Crippen LogP contribution is -2.17. The minimum Gasteiger partial charge on any atom is -0.330 e. The predicted octanol–water partition coefficient (Wildman–Crippen LogP) is 2.40. The third kappa shape index (κ3) is 3.01. The number of aromatic nitrogens is 3. The third-order valence-electron chi connectivity index (χ3n) is 3.46. The van der Waals surface area contributed by atoms with Gasteiger partial charge in [-0.3, -0.25) is 0 Å². The van der Waals surface area contributed by atoms with Gasteiger partial charge in [0.25, 0.3) is 0 Å². The zero-order chi connectivity index (χ0) is 12.1. The third-order valence-corrected chi connectivity index (χ3v) is 4.11. The maximum absolute atomic E-state index is 5.58. The van der Waals surface area contributed by atoms with Crippen LogP contribution in [-0.2, 0) is 6.42 Å². The number of nitrogens with two attached hydrogens (primary N) is 1. The molecule has 1 aliphatic carbocycles. The van der Waals surface area contributed by atoms with E-state index in [1.165, 1.54) is 32.1 Å². The number of hydrogen-bond acceptors (Lipinski definition) is 4. The molecule has 0 spiro atoms. The second-order valence-corrected chi connectivity index (χ2v) is 5.43. The van der Waals surface area contributed by atoms with Crippen LogP contribution in [0.1, 0.15) is 50.4 Å². The van der Waals surface area contributed by atoms with Crippen LogP contribution in [0.15, 0.2) is 5.16 Å². The van der Waals surface area contributed by atoms with Crippen LogP contribution in [0.2, 0.25) is 0 Å². The Kier molecular flexibility index (Phi) is 4.86. The fourth-order valence-electron chi connectivity index (χ4n) is 2.58. The Morgan fingerprint density at radius 1 is 1.29 bits per heavy atom. The summed E-state index contributed by atoms with van der Waals surface area (Å²) in [6.07, 6.45) is 10.7. The van der Waals surface area contributed by atoms with Gasteiger partial charge in [0.1, 0.15) is 5.82 Å². The van der Waals surface area contributed by atoms with E-state index in [1.807, 2.05) is 0 Å². The van der Waals surface area contributed by atoms with E-state index < -0.39 is 0 Å². The molecule has 2 N–H and O–H groups in total. The maximum Gasteiger partial charge on any atom is 0.191 e. The van der Waals surface area contributed by atoms with Gasteiger partial charge in [0.05, 0.1) is 0 Å². The van der Waals surface area contributed by atoms with E-state index in [9.17, 15) is 0 Å². The number of rotatable bonds is 5. The summed E-state index contributed by atoms with van der Waals surface area (Å²) in [7, 11) is 0. The molecule has 2 rings (SSSR count). The van der Waals surface area contributed by atoms with Crippen LogP contribution >= 0.6 is 11.8 Å². The molecule has 1 fully saturated rings. The van der Waals surface area contributed by atoms with E-state index in [2.05, 4.69) is 21.0 Å². The van der Waals surface area contributed by atoms with Crippen molar-refractivity contribution < 1.29 is 0 Å². The van der Waals surface area contributed by atoms with Gasteiger partial charge < -0.3 is 10.3 Å². The Morgan fingerprint density at radius 3 is 2.71 bits per heavy atom. The quantitative estimate of drug-likeness (QED) is 0.820. The molecule has 1 saturated carbocycles. The Morgan fingerprint density at radius 2 is 2.06 bits per heavy atom. The zero-order valence-electron chi connectivity index (χ0n) is 10.6. The Labute approximate surface area is 107 Å². The fourth-order valence-corrected chi connectivity index (χ4v) is 3.16. The number of nitrogens with zero attached hydrogens (tertiary/aromatic N) is 3. The molecule has 0 bridgehead atoms. The van der Waals surface area contributed by atoms with Crippen LogP contribution in [0.5, 0.6) is 0 Å². The Bertz CT molecular complexity index is 344. The molecular formula is C12H22N4S. The van der Waals surface area contributed by atoms with E-state index in [0.717, 1.165) is 30.4 Å². The van der Waals surface area contributed by atoms with Crippen molar-refractivity contribution in [3.63, 3.8) is 0 Å². The van der Waals surface area contributed by atoms with Crippen molar-refractivity contribution in [2.45, 2.75) is 56.1 Å². The molecule has 4 nitrogen and oxygen atoms in total.